The molecular formula is C16H26N2O3. The number of nitrogens with zero attached hydrogens (tertiary/aromatic N) is 1. The number of aliphatic hydroxyl groups excluding tert-OH is 1. The molecule has 1 amide bonds. The summed E-state index contributed by atoms with van der Waals surface area (Å²) in [6.45, 7) is 9.02. The van der Waals surface area contributed by atoms with Crippen LogP contribution in [0.1, 0.15) is 27.7 Å². The van der Waals surface area contributed by atoms with Crippen LogP contribution in [0.2, 0.25) is 0 Å². The minimum atomic E-state index is -0.453. The Balaban J connectivity index is 2.55. The summed E-state index contributed by atoms with van der Waals surface area (Å²) in [7, 11) is 0. The quantitative estimate of drug-likeness (QED) is 0.771. The van der Waals surface area contributed by atoms with E-state index >= 15 is 0 Å². The van der Waals surface area contributed by atoms with E-state index in [1.807, 2.05) is 49.9 Å². The summed E-state index contributed by atoms with van der Waals surface area (Å²) in [5.41, 5.74) is 0.740. The minimum Gasteiger partial charge on any atom is -0.494 e. The zero-order chi connectivity index (χ0) is 15.8. The summed E-state index contributed by atoms with van der Waals surface area (Å²) >= 11 is 0. The maximum absolute atomic E-state index is 12.1. The highest BCUT2D eigenvalue weighted by atomic mass is 16.5. The molecule has 0 aliphatic rings. The van der Waals surface area contributed by atoms with Gasteiger partial charge in [0.1, 0.15) is 5.75 Å². The number of nitrogens with one attached hydrogen (secondary N) is 1. The summed E-state index contributed by atoms with van der Waals surface area (Å²) in [6.07, 6.45) is -0.453. The number of ether oxygens (including phenoxy) is 1. The van der Waals surface area contributed by atoms with E-state index in [1.165, 1.54) is 0 Å². The number of carbonyl (C=O) groups is 1. The molecule has 0 aliphatic carbocycles. The van der Waals surface area contributed by atoms with Crippen molar-refractivity contribution in [3.05, 3.63) is 24.3 Å². The smallest absolute Gasteiger partial charge is 0.238 e. The Morgan fingerprint density at radius 3 is 2.38 bits per heavy atom. The second-order valence-corrected chi connectivity index (χ2v) is 5.38. The van der Waals surface area contributed by atoms with Gasteiger partial charge in [-0.05, 0) is 52.0 Å². The van der Waals surface area contributed by atoms with Crippen LogP contribution in [0.5, 0.6) is 5.75 Å². The molecule has 21 heavy (non-hydrogen) atoms. The fourth-order valence-electron chi connectivity index (χ4n) is 1.98. The van der Waals surface area contributed by atoms with Gasteiger partial charge in [0.05, 0.1) is 19.3 Å². The van der Waals surface area contributed by atoms with Crippen LogP contribution in [-0.4, -0.2) is 47.8 Å². The van der Waals surface area contributed by atoms with Gasteiger partial charge in [-0.1, -0.05) is 0 Å². The molecule has 5 nitrogen and oxygen atoms in total. The lowest BCUT2D eigenvalue weighted by Crippen LogP contribution is -2.41. The molecule has 5 heteroatoms. The Morgan fingerprint density at radius 1 is 1.29 bits per heavy atom. The Labute approximate surface area is 126 Å². The lowest BCUT2D eigenvalue weighted by Gasteiger charge is -2.26. The number of rotatable bonds is 8. The highest BCUT2D eigenvalue weighted by Crippen LogP contribution is 2.15. The highest BCUT2D eigenvalue weighted by molar-refractivity contribution is 5.92. The Morgan fingerprint density at radius 2 is 1.90 bits per heavy atom. The molecule has 0 aliphatic heterocycles. The van der Waals surface area contributed by atoms with Crippen molar-refractivity contribution in [2.75, 3.05) is 25.0 Å². The fourth-order valence-corrected chi connectivity index (χ4v) is 1.98. The number of hydrogen-bond acceptors (Lipinski definition) is 4. The summed E-state index contributed by atoms with van der Waals surface area (Å²) in [5.74, 6) is 0.696. The lowest BCUT2D eigenvalue weighted by atomic mass is 10.2. The Hall–Kier alpha value is -1.59. The Bertz CT molecular complexity index is 430. The van der Waals surface area contributed by atoms with E-state index in [4.69, 9.17) is 4.74 Å². The first-order valence-electron chi connectivity index (χ1n) is 7.37. The highest BCUT2D eigenvalue weighted by Gasteiger charge is 2.16. The van der Waals surface area contributed by atoms with Gasteiger partial charge in [-0.2, -0.15) is 0 Å². The van der Waals surface area contributed by atoms with Gasteiger partial charge in [-0.15, -0.1) is 0 Å². The maximum atomic E-state index is 12.1. The number of anilines is 1. The van der Waals surface area contributed by atoms with Gasteiger partial charge >= 0.3 is 0 Å². The maximum Gasteiger partial charge on any atom is 0.238 e. The molecule has 1 atom stereocenters. The average molecular weight is 294 g/mol. The molecule has 1 rings (SSSR count). The van der Waals surface area contributed by atoms with E-state index in [1.54, 1.807) is 6.92 Å². The third kappa shape index (κ3) is 6.60. The van der Waals surface area contributed by atoms with Crippen LogP contribution < -0.4 is 10.1 Å². The van der Waals surface area contributed by atoms with E-state index in [9.17, 15) is 9.90 Å². The first-order chi connectivity index (χ1) is 9.92. The van der Waals surface area contributed by atoms with Gasteiger partial charge < -0.3 is 15.2 Å². The van der Waals surface area contributed by atoms with Crippen molar-refractivity contribution in [3.63, 3.8) is 0 Å². The SMILES string of the molecule is CCOc1ccc(NC(=O)CN(CC(C)O)C(C)C)cc1. The lowest BCUT2D eigenvalue weighted by molar-refractivity contribution is -0.118. The molecule has 0 aromatic heterocycles. The number of aliphatic hydroxyl groups is 1. The third-order valence-electron chi connectivity index (χ3n) is 3.02. The molecule has 0 fully saturated rings. The van der Waals surface area contributed by atoms with Crippen molar-refractivity contribution in [3.8, 4) is 5.75 Å². The van der Waals surface area contributed by atoms with Crippen molar-refractivity contribution in [2.24, 2.45) is 0 Å². The predicted molar refractivity (Wildman–Crippen MR) is 84.6 cm³/mol. The van der Waals surface area contributed by atoms with Gasteiger partial charge in [0.15, 0.2) is 0 Å². The molecule has 0 spiro atoms. The Kier molecular flexibility index (Phi) is 7.19. The van der Waals surface area contributed by atoms with Crippen molar-refractivity contribution < 1.29 is 14.6 Å². The second kappa shape index (κ2) is 8.64. The monoisotopic (exact) mass is 294 g/mol. The van der Waals surface area contributed by atoms with Crippen LogP contribution in [0.25, 0.3) is 0 Å². The number of carbonyl (C=O) groups excluding carboxylic acids is 1. The molecule has 0 heterocycles. The molecular weight excluding hydrogens is 268 g/mol. The topological polar surface area (TPSA) is 61.8 Å². The van der Waals surface area contributed by atoms with Gasteiger partial charge in [-0.25, -0.2) is 0 Å². The van der Waals surface area contributed by atoms with Crippen LogP contribution in [0.4, 0.5) is 5.69 Å². The van der Waals surface area contributed by atoms with E-state index < -0.39 is 6.10 Å². The average Bonchev–Trinajstić information content (AvgIpc) is 2.40. The zero-order valence-corrected chi connectivity index (χ0v) is 13.3. The fraction of sp³-hybridized carbons (Fsp3) is 0.562. The van der Waals surface area contributed by atoms with Crippen LogP contribution in [0.15, 0.2) is 24.3 Å². The van der Waals surface area contributed by atoms with Crippen molar-refractivity contribution in [1.82, 2.24) is 4.90 Å². The van der Waals surface area contributed by atoms with Gasteiger partial charge in [0.2, 0.25) is 5.91 Å². The van der Waals surface area contributed by atoms with E-state index in [0.29, 0.717) is 13.2 Å². The molecule has 2 N–H and O–H groups in total. The summed E-state index contributed by atoms with van der Waals surface area (Å²) in [4.78, 5) is 14.0. The molecule has 1 aromatic carbocycles. The van der Waals surface area contributed by atoms with Crippen molar-refractivity contribution in [2.45, 2.75) is 39.8 Å². The first kappa shape index (κ1) is 17.5. The van der Waals surface area contributed by atoms with Gasteiger partial charge in [-0.3, -0.25) is 9.69 Å². The van der Waals surface area contributed by atoms with Crippen LogP contribution in [0.3, 0.4) is 0 Å². The number of benzene rings is 1. The van der Waals surface area contributed by atoms with Crippen LogP contribution in [0, 0.1) is 0 Å². The molecule has 0 saturated heterocycles. The largest absolute Gasteiger partial charge is 0.494 e. The van der Waals surface area contributed by atoms with E-state index in [2.05, 4.69) is 5.32 Å². The van der Waals surface area contributed by atoms with E-state index in [0.717, 1.165) is 11.4 Å². The summed E-state index contributed by atoms with van der Waals surface area (Å²) < 4.78 is 5.36. The van der Waals surface area contributed by atoms with Crippen LogP contribution >= 0.6 is 0 Å². The first-order valence-corrected chi connectivity index (χ1v) is 7.37. The molecule has 0 bridgehead atoms. The van der Waals surface area contributed by atoms with Crippen LogP contribution in [-0.2, 0) is 4.79 Å². The predicted octanol–water partition coefficient (Wildman–Crippen LogP) is 2.11. The standard InChI is InChI=1S/C16H26N2O3/c1-5-21-15-8-6-14(7-9-15)17-16(20)11-18(12(2)3)10-13(4)19/h6-9,12-13,19H,5,10-11H2,1-4H3,(H,17,20). The molecule has 118 valence electrons. The summed E-state index contributed by atoms with van der Waals surface area (Å²) in [6, 6.07) is 7.49. The van der Waals surface area contributed by atoms with Crippen molar-refractivity contribution >= 4 is 11.6 Å². The second-order valence-electron chi connectivity index (χ2n) is 5.38. The van der Waals surface area contributed by atoms with E-state index in [-0.39, 0.29) is 18.5 Å². The third-order valence-corrected chi connectivity index (χ3v) is 3.02. The molecule has 1 unspecified atom stereocenters. The van der Waals surface area contributed by atoms with Crippen molar-refractivity contribution in [1.29, 1.82) is 0 Å². The van der Waals surface area contributed by atoms with Gasteiger partial charge in [0.25, 0.3) is 0 Å². The normalized spacial score (nSPS) is 12.5. The molecule has 0 radical (unpaired) electrons. The molecule has 0 saturated carbocycles. The molecule has 1 aromatic rings. The zero-order valence-electron chi connectivity index (χ0n) is 13.3. The van der Waals surface area contributed by atoms with Gasteiger partial charge in [0, 0.05) is 18.3 Å². The summed E-state index contributed by atoms with van der Waals surface area (Å²) in [5, 5.41) is 12.3. The number of hydrogen-bond donors (Lipinski definition) is 2. The number of amides is 1. The minimum absolute atomic E-state index is 0.0893.